The van der Waals surface area contributed by atoms with Crippen molar-refractivity contribution in [1.82, 2.24) is 10.2 Å². The zero-order valence-corrected chi connectivity index (χ0v) is 17.7. The van der Waals surface area contributed by atoms with E-state index in [9.17, 15) is 4.79 Å². The van der Waals surface area contributed by atoms with Crippen molar-refractivity contribution >= 4 is 17.2 Å². The fourth-order valence-electron chi connectivity index (χ4n) is 4.33. The number of nitrogens with one attached hydrogen (secondary N) is 1. The SMILES string of the molecule is COc1ccc(C(=O)N(Cc2cccs2)C2CC(C)(C)NC(C)(C)C2)cc1. The summed E-state index contributed by atoms with van der Waals surface area (Å²) in [4.78, 5) is 16.7. The largest absolute Gasteiger partial charge is 0.497 e. The number of thiophene rings is 1. The van der Waals surface area contributed by atoms with Gasteiger partial charge in [0.15, 0.2) is 0 Å². The zero-order valence-electron chi connectivity index (χ0n) is 16.9. The second-order valence-corrected chi connectivity index (χ2v) is 9.73. The van der Waals surface area contributed by atoms with Crippen LogP contribution in [-0.2, 0) is 6.54 Å². The molecule has 3 rings (SSSR count). The number of hydrogen-bond acceptors (Lipinski definition) is 4. The first kappa shape index (κ1) is 19.9. The Labute approximate surface area is 166 Å². The Hall–Kier alpha value is -1.85. The lowest BCUT2D eigenvalue weighted by Gasteiger charge is -2.49. The van der Waals surface area contributed by atoms with Crippen LogP contribution in [0.2, 0.25) is 0 Å². The zero-order chi connectivity index (χ0) is 19.7. The topological polar surface area (TPSA) is 41.6 Å². The van der Waals surface area contributed by atoms with E-state index in [0.29, 0.717) is 12.1 Å². The highest BCUT2D eigenvalue weighted by Crippen LogP contribution is 2.33. The Kier molecular flexibility index (Phi) is 5.63. The van der Waals surface area contributed by atoms with E-state index in [0.717, 1.165) is 18.6 Å². The van der Waals surface area contributed by atoms with Gasteiger partial charge in [-0.1, -0.05) is 6.07 Å². The monoisotopic (exact) mass is 386 g/mol. The number of amides is 1. The fraction of sp³-hybridized carbons (Fsp3) is 0.500. The van der Waals surface area contributed by atoms with Gasteiger partial charge in [-0.3, -0.25) is 4.79 Å². The van der Waals surface area contributed by atoms with E-state index >= 15 is 0 Å². The van der Waals surface area contributed by atoms with Crippen LogP contribution in [0.3, 0.4) is 0 Å². The summed E-state index contributed by atoms with van der Waals surface area (Å²) in [6.45, 7) is 9.55. The van der Waals surface area contributed by atoms with E-state index in [-0.39, 0.29) is 23.0 Å². The summed E-state index contributed by atoms with van der Waals surface area (Å²) in [6.07, 6.45) is 1.87. The third kappa shape index (κ3) is 4.90. The maximum Gasteiger partial charge on any atom is 0.254 e. The first-order valence-electron chi connectivity index (χ1n) is 9.46. The van der Waals surface area contributed by atoms with Crippen molar-refractivity contribution in [1.29, 1.82) is 0 Å². The van der Waals surface area contributed by atoms with Gasteiger partial charge in [-0.05, 0) is 76.2 Å². The molecule has 146 valence electrons. The van der Waals surface area contributed by atoms with E-state index < -0.39 is 0 Å². The predicted molar refractivity (Wildman–Crippen MR) is 112 cm³/mol. The molecule has 1 aliphatic heterocycles. The van der Waals surface area contributed by atoms with Gasteiger partial charge in [0, 0.05) is 27.6 Å². The van der Waals surface area contributed by atoms with E-state index in [4.69, 9.17) is 4.74 Å². The number of carbonyl (C=O) groups excluding carboxylic acids is 1. The highest BCUT2D eigenvalue weighted by atomic mass is 32.1. The average molecular weight is 387 g/mol. The van der Waals surface area contributed by atoms with E-state index in [1.165, 1.54) is 4.88 Å². The van der Waals surface area contributed by atoms with Crippen LogP contribution >= 0.6 is 11.3 Å². The molecule has 0 unspecified atom stereocenters. The standard InChI is InChI=1S/C22H30N2O2S/c1-21(2)13-17(14-22(3,4)23-21)24(15-19-7-6-12-27-19)20(25)16-8-10-18(26-5)11-9-16/h6-12,17,23H,13-15H2,1-5H3. The first-order chi connectivity index (χ1) is 12.7. The van der Waals surface area contributed by atoms with Gasteiger partial charge >= 0.3 is 0 Å². The summed E-state index contributed by atoms with van der Waals surface area (Å²) in [5.74, 6) is 0.852. The molecular weight excluding hydrogens is 356 g/mol. The molecule has 1 aromatic heterocycles. The molecule has 2 heterocycles. The summed E-state index contributed by atoms with van der Waals surface area (Å²) in [6, 6.07) is 11.8. The third-order valence-electron chi connectivity index (χ3n) is 5.11. The molecule has 0 spiro atoms. The minimum atomic E-state index is -0.0136. The van der Waals surface area contributed by atoms with Gasteiger partial charge < -0.3 is 15.0 Å². The lowest BCUT2D eigenvalue weighted by atomic mass is 9.79. The summed E-state index contributed by atoms with van der Waals surface area (Å²) >= 11 is 1.70. The molecule has 27 heavy (non-hydrogen) atoms. The number of piperidine rings is 1. The molecule has 0 radical (unpaired) electrons. The normalized spacial score (nSPS) is 18.9. The highest BCUT2D eigenvalue weighted by molar-refractivity contribution is 7.09. The van der Waals surface area contributed by atoms with Crippen molar-refractivity contribution in [2.24, 2.45) is 0 Å². The van der Waals surface area contributed by atoms with Crippen molar-refractivity contribution in [3.63, 3.8) is 0 Å². The summed E-state index contributed by atoms with van der Waals surface area (Å²) < 4.78 is 5.23. The molecule has 0 saturated carbocycles. The summed E-state index contributed by atoms with van der Waals surface area (Å²) in [7, 11) is 1.64. The predicted octanol–water partition coefficient (Wildman–Crippen LogP) is 4.71. The Morgan fingerprint density at radius 1 is 1.15 bits per heavy atom. The number of carbonyl (C=O) groups is 1. The first-order valence-corrected chi connectivity index (χ1v) is 10.3. The second kappa shape index (κ2) is 7.64. The molecule has 1 aromatic carbocycles. The Morgan fingerprint density at radius 3 is 2.30 bits per heavy atom. The average Bonchev–Trinajstić information content (AvgIpc) is 3.09. The van der Waals surface area contributed by atoms with Crippen LogP contribution in [-0.4, -0.2) is 35.0 Å². The molecule has 2 aromatic rings. The van der Waals surface area contributed by atoms with Crippen LogP contribution in [0.5, 0.6) is 5.75 Å². The van der Waals surface area contributed by atoms with Crippen molar-refractivity contribution in [3.8, 4) is 5.75 Å². The highest BCUT2D eigenvalue weighted by Gasteiger charge is 2.41. The van der Waals surface area contributed by atoms with Crippen LogP contribution < -0.4 is 10.1 Å². The molecule has 1 fully saturated rings. The van der Waals surface area contributed by atoms with E-state index in [1.807, 2.05) is 30.3 Å². The van der Waals surface area contributed by atoms with Crippen LogP contribution in [0.1, 0.15) is 55.8 Å². The van der Waals surface area contributed by atoms with Crippen LogP contribution in [0.4, 0.5) is 0 Å². The van der Waals surface area contributed by atoms with Gasteiger partial charge in [0.25, 0.3) is 5.91 Å². The van der Waals surface area contributed by atoms with Gasteiger partial charge in [-0.15, -0.1) is 11.3 Å². The second-order valence-electron chi connectivity index (χ2n) is 8.70. The molecule has 0 aliphatic carbocycles. The Morgan fingerprint density at radius 2 is 1.78 bits per heavy atom. The molecule has 1 N–H and O–H groups in total. The smallest absolute Gasteiger partial charge is 0.254 e. The molecule has 1 amide bonds. The van der Waals surface area contributed by atoms with Crippen LogP contribution in [0.15, 0.2) is 41.8 Å². The van der Waals surface area contributed by atoms with E-state index in [1.54, 1.807) is 18.4 Å². The number of rotatable bonds is 5. The van der Waals surface area contributed by atoms with Crippen molar-refractivity contribution in [3.05, 3.63) is 52.2 Å². The molecule has 0 atom stereocenters. The maximum atomic E-state index is 13.5. The number of benzene rings is 1. The van der Waals surface area contributed by atoms with E-state index in [2.05, 4.69) is 49.4 Å². The number of methoxy groups -OCH3 is 1. The lowest BCUT2D eigenvalue weighted by molar-refractivity contribution is 0.0422. The van der Waals surface area contributed by atoms with Crippen molar-refractivity contribution in [2.45, 2.75) is 64.2 Å². The minimum absolute atomic E-state index is 0.0136. The maximum absolute atomic E-state index is 13.5. The van der Waals surface area contributed by atoms with Crippen LogP contribution in [0, 0.1) is 0 Å². The Bertz CT molecular complexity index is 750. The van der Waals surface area contributed by atoms with Gasteiger partial charge in [0.2, 0.25) is 0 Å². The van der Waals surface area contributed by atoms with Gasteiger partial charge in [-0.2, -0.15) is 0 Å². The quantitative estimate of drug-likeness (QED) is 0.809. The summed E-state index contributed by atoms with van der Waals surface area (Å²) in [5, 5.41) is 5.79. The third-order valence-corrected chi connectivity index (χ3v) is 5.97. The van der Waals surface area contributed by atoms with Crippen LogP contribution in [0.25, 0.3) is 0 Å². The van der Waals surface area contributed by atoms with Gasteiger partial charge in [-0.25, -0.2) is 0 Å². The molecule has 5 heteroatoms. The van der Waals surface area contributed by atoms with Crippen molar-refractivity contribution in [2.75, 3.05) is 7.11 Å². The molecule has 0 bridgehead atoms. The molecule has 1 aliphatic rings. The Balaban J connectivity index is 1.91. The van der Waals surface area contributed by atoms with Gasteiger partial charge in [0.1, 0.15) is 5.75 Å². The fourth-order valence-corrected chi connectivity index (χ4v) is 5.03. The number of hydrogen-bond donors (Lipinski definition) is 1. The van der Waals surface area contributed by atoms with Crippen molar-refractivity contribution < 1.29 is 9.53 Å². The molecule has 1 saturated heterocycles. The number of nitrogens with zero attached hydrogens (tertiary/aromatic N) is 1. The molecular formula is C22H30N2O2S. The minimum Gasteiger partial charge on any atom is -0.497 e. The van der Waals surface area contributed by atoms with Gasteiger partial charge in [0.05, 0.1) is 13.7 Å². The molecule has 4 nitrogen and oxygen atoms in total. The summed E-state index contributed by atoms with van der Waals surface area (Å²) in [5.41, 5.74) is 0.683. The number of ether oxygens (including phenoxy) is 1. The lowest BCUT2D eigenvalue weighted by Crippen LogP contribution is -2.62.